The molecule has 98 valence electrons. The molecule has 1 aromatic heterocycles. The zero-order valence-corrected chi connectivity index (χ0v) is 10.1. The molecular formula is C13H12FN3O2. The molecule has 2 aromatic rings. The monoisotopic (exact) mass is 261 g/mol. The van der Waals surface area contributed by atoms with E-state index in [2.05, 4.69) is 10.3 Å². The Kier molecular flexibility index (Phi) is 2.77. The first-order valence-corrected chi connectivity index (χ1v) is 6.11. The molecule has 1 heterocycles. The second kappa shape index (κ2) is 4.46. The normalized spacial score (nSPS) is 15.2. The highest BCUT2D eigenvalue weighted by atomic mass is 19.1. The van der Waals surface area contributed by atoms with Crippen LogP contribution in [-0.2, 0) is 0 Å². The highest BCUT2D eigenvalue weighted by molar-refractivity contribution is 5.86. The first kappa shape index (κ1) is 11.8. The lowest BCUT2D eigenvalue weighted by molar-refractivity contribution is 0.0687. The van der Waals surface area contributed by atoms with Crippen LogP contribution in [0.2, 0.25) is 0 Å². The topological polar surface area (TPSA) is 68.0 Å². The summed E-state index contributed by atoms with van der Waals surface area (Å²) in [5.74, 6) is -1.24. The summed E-state index contributed by atoms with van der Waals surface area (Å²) in [4.78, 5) is 11.2. The zero-order valence-electron chi connectivity index (χ0n) is 10.1. The fraction of sp³-hybridized carbons (Fsp3) is 0.308. The van der Waals surface area contributed by atoms with Crippen LogP contribution in [0.15, 0.2) is 24.3 Å². The van der Waals surface area contributed by atoms with Crippen LogP contribution < -0.4 is 0 Å². The number of rotatable bonds is 3. The molecule has 0 spiro atoms. The van der Waals surface area contributed by atoms with Gasteiger partial charge in [-0.3, -0.25) is 0 Å². The predicted octanol–water partition coefficient (Wildman–Crippen LogP) is 2.37. The van der Waals surface area contributed by atoms with Gasteiger partial charge in [0, 0.05) is 5.92 Å². The molecule has 1 fully saturated rings. The largest absolute Gasteiger partial charge is 0.476 e. The molecule has 0 atom stereocenters. The number of aromatic nitrogens is 3. The molecule has 1 aromatic carbocycles. The fourth-order valence-electron chi connectivity index (χ4n) is 2.26. The van der Waals surface area contributed by atoms with E-state index >= 15 is 0 Å². The number of aromatic carboxylic acids is 1. The van der Waals surface area contributed by atoms with E-state index in [0.29, 0.717) is 11.4 Å². The van der Waals surface area contributed by atoms with E-state index in [4.69, 9.17) is 5.11 Å². The molecule has 0 unspecified atom stereocenters. The van der Waals surface area contributed by atoms with Crippen molar-refractivity contribution in [3.8, 4) is 5.69 Å². The molecule has 0 radical (unpaired) electrons. The molecule has 0 saturated heterocycles. The van der Waals surface area contributed by atoms with Gasteiger partial charge in [-0.25, -0.2) is 13.9 Å². The van der Waals surface area contributed by atoms with Gasteiger partial charge < -0.3 is 5.11 Å². The third kappa shape index (κ3) is 1.99. The average molecular weight is 261 g/mol. The predicted molar refractivity (Wildman–Crippen MR) is 64.9 cm³/mol. The van der Waals surface area contributed by atoms with Gasteiger partial charge in [0.25, 0.3) is 0 Å². The molecular weight excluding hydrogens is 249 g/mol. The summed E-state index contributed by atoms with van der Waals surface area (Å²) in [7, 11) is 0. The molecule has 1 aliphatic carbocycles. The smallest absolute Gasteiger partial charge is 0.358 e. The van der Waals surface area contributed by atoms with Crippen molar-refractivity contribution >= 4 is 5.97 Å². The Morgan fingerprint density at radius 3 is 2.53 bits per heavy atom. The Morgan fingerprint density at radius 1 is 1.32 bits per heavy atom. The Morgan fingerprint density at radius 2 is 2.00 bits per heavy atom. The van der Waals surface area contributed by atoms with Gasteiger partial charge in [-0.05, 0) is 37.1 Å². The Balaban J connectivity index is 2.10. The first-order chi connectivity index (χ1) is 9.16. The lowest BCUT2D eigenvalue weighted by Crippen LogP contribution is -2.17. The molecule has 5 nitrogen and oxygen atoms in total. The van der Waals surface area contributed by atoms with Gasteiger partial charge in [-0.2, -0.15) is 0 Å². The second-order valence-electron chi connectivity index (χ2n) is 4.64. The van der Waals surface area contributed by atoms with E-state index in [1.807, 2.05) is 0 Å². The van der Waals surface area contributed by atoms with Crippen molar-refractivity contribution in [3.63, 3.8) is 0 Å². The van der Waals surface area contributed by atoms with Crippen molar-refractivity contribution in [2.75, 3.05) is 0 Å². The highest BCUT2D eigenvalue weighted by Crippen LogP contribution is 2.38. The van der Waals surface area contributed by atoms with E-state index < -0.39 is 5.97 Å². The Labute approximate surface area is 108 Å². The lowest BCUT2D eigenvalue weighted by Gasteiger charge is -2.26. The quantitative estimate of drug-likeness (QED) is 0.921. The van der Waals surface area contributed by atoms with Gasteiger partial charge in [0.15, 0.2) is 5.69 Å². The Bertz CT molecular complexity index is 617. The fourth-order valence-corrected chi connectivity index (χ4v) is 2.26. The minimum absolute atomic E-state index is 0.00553. The van der Waals surface area contributed by atoms with Gasteiger partial charge >= 0.3 is 5.97 Å². The number of carboxylic acid groups (broad SMARTS) is 1. The van der Waals surface area contributed by atoms with Gasteiger partial charge in [0.05, 0.1) is 11.4 Å². The number of carboxylic acids is 1. The molecule has 19 heavy (non-hydrogen) atoms. The van der Waals surface area contributed by atoms with E-state index in [1.54, 1.807) is 12.1 Å². The van der Waals surface area contributed by atoms with Gasteiger partial charge in [-0.1, -0.05) is 11.6 Å². The van der Waals surface area contributed by atoms with Crippen molar-refractivity contribution in [1.29, 1.82) is 0 Å². The second-order valence-corrected chi connectivity index (χ2v) is 4.64. The molecule has 3 rings (SSSR count). The summed E-state index contributed by atoms with van der Waals surface area (Å²) in [5, 5.41) is 16.8. The molecule has 0 amide bonds. The summed E-state index contributed by atoms with van der Waals surface area (Å²) >= 11 is 0. The van der Waals surface area contributed by atoms with Crippen molar-refractivity contribution < 1.29 is 14.3 Å². The van der Waals surface area contributed by atoms with Crippen LogP contribution in [0.25, 0.3) is 5.69 Å². The van der Waals surface area contributed by atoms with Crippen LogP contribution in [0.4, 0.5) is 4.39 Å². The molecule has 1 N–H and O–H groups in total. The lowest BCUT2D eigenvalue weighted by atomic mass is 9.82. The maximum atomic E-state index is 12.9. The summed E-state index contributed by atoms with van der Waals surface area (Å²) in [6, 6.07) is 5.78. The number of carbonyl (C=O) groups is 1. The third-order valence-electron chi connectivity index (χ3n) is 3.47. The van der Waals surface area contributed by atoms with E-state index in [9.17, 15) is 9.18 Å². The zero-order chi connectivity index (χ0) is 13.4. The first-order valence-electron chi connectivity index (χ1n) is 6.11. The molecule has 0 aliphatic heterocycles. The molecule has 6 heteroatoms. The minimum atomic E-state index is -1.07. The van der Waals surface area contributed by atoms with Crippen LogP contribution >= 0.6 is 0 Å². The summed E-state index contributed by atoms with van der Waals surface area (Å²) in [5.41, 5.74) is 1.24. The van der Waals surface area contributed by atoms with E-state index in [1.165, 1.54) is 16.8 Å². The molecule has 1 aliphatic rings. The Hall–Kier alpha value is -2.24. The van der Waals surface area contributed by atoms with Crippen LogP contribution in [-0.4, -0.2) is 26.1 Å². The van der Waals surface area contributed by atoms with Gasteiger partial charge in [-0.15, -0.1) is 5.10 Å². The SMILES string of the molecule is O=C(O)c1nnn(-c2ccc(F)cc2)c1C1CCC1. The van der Waals surface area contributed by atoms with Crippen LogP contribution in [0, 0.1) is 5.82 Å². The maximum Gasteiger partial charge on any atom is 0.358 e. The summed E-state index contributed by atoms with van der Waals surface area (Å²) in [6.45, 7) is 0. The summed E-state index contributed by atoms with van der Waals surface area (Å²) < 4.78 is 14.4. The van der Waals surface area contributed by atoms with Crippen molar-refractivity contribution in [2.45, 2.75) is 25.2 Å². The van der Waals surface area contributed by atoms with Gasteiger partial charge in [0.1, 0.15) is 5.82 Å². The third-order valence-corrected chi connectivity index (χ3v) is 3.47. The standard InChI is InChI=1S/C13H12FN3O2/c14-9-4-6-10(7-5-9)17-12(8-2-1-3-8)11(13(18)19)15-16-17/h4-8H,1-3H2,(H,18,19). The molecule has 0 bridgehead atoms. The number of benzene rings is 1. The maximum absolute atomic E-state index is 12.9. The highest BCUT2D eigenvalue weighted by Gasteiger charge is 2.30. The van der Waals surface area contributed by atoms with Crippen molar-refractivity contribution in [3.05, 3.63) is 41.5 Å². The minimum Gasteiger partial charge on any atom is -0.476 e. The van der Waals surface area contributed by atoms with Crippen molar-refractivity contribution in [1.82, 2.24) is 15.0 Å². The van der Waals surface area contributed by atoms with Crippen LogP contribution in [0.5, 0.6) is 0 Å². The van der Waals surface area contributed by atoms with Crippen LogP contribution in [0.3, 0.4) is 0 Å². The number of nitrogens with zero attached hydrogens (tertiary/aromatic N) is 3. The van der Waals surface area contributed by atoms with Crippen molar-refractivity contribution in [2.24, 2.45) is 0 Å². The number of halogens is 1. The van der Waals surface area contributed by atoms with Crippen LogP contribution in [0.1, 0.15) is 41.4 Å². The number of hydrogen-bond donors (Lipinski definition) is 1. The average Bonchev–Trinajstić information content (AvgIpc) is 2.72. The van der Waals surface area contributed by atoms with E-state index in [-0.39, 0.29) is 17.4 Å². The van der Waals surface area contributed by atoms with E-state index in [0.717, 1.165) is 19.3 Å². The number of hydrogen-bond acceptors (Lipinski definition) is 3. The van der Waals surface area contributed by atoms with Gasteiger partial charge in [0.2, 0.25) is 0 Å². The molecule has 1 saturated carbocycles. The summed E-state index contributed by atoms with van der Waals surface area (Å²) in [6.07, 6.45) is 2.96.